The molecule has 0 aliphatic carbocycles. The highest BCUT2D eigenvalue weighted by Crippen LogP contribution is 2.26. The molecule has 30 heavy (non-hydrogen) atoms. The smallest absolute Gasteiger partial charge is 0.257 e. The number of fused-ring (bicyclic) bond motifs is 1. The molecule has 1 amide bonds. The highest BCUT2D eigenvalue weighted by atomic mass is 35.5. The Balaban J connectivity index is 1.86. The first kappa shape index (κ1) is 19.7. The Morgan fingerprint density at radius 3 is 2.83 bits per heavy atom. The normalized spacial score (nSPS) is 11.6. The molecule has 0 saturated heterocycles. The van der Waals surface area contributed by atoms with Gasteiger partial charge in [0.15, 0.2) is 11.3 Å². The van der Waals surface area contributed by atoms with Gasteiger partial charge in [-0.1, -0.05) is 23.7 Å². The molecule has 0 aliphatic heterocycles. The summed E-state index contributed by atoms with van der Waals surface area (Å²) in [4.78, 5) is 17.1. The Morgan fingerprint density at radius 1 is 1.20 bits per heavy atom. The monoisotopic (exact) mass is 426 g/mol. The molecular weight excluding hydrogens is 411 g/mol. The van der Waals surface area contributed by atoms with Crippen LogP contribution in [0.15, 0.2) is 74.7 Å². The predicted octanol–water partition coefficient (Wildman–Crippen LogP) is 4.99. The van der Waals surface area contributed by atoms with E-state index < -0.39 is 11.7 Å². The van der Waals surface area contributed by atoms with Crippen LogP contribution in [0.2, 0.25) is 5.02 Å². The fourth-order valence-electron chi connectivity index (χ4n) is 2.89. The molecule has 4 aromatic rings. The SMILES string of the molecule is COc1cccc2cc(C(=O)NCc3ccco3)c(=Nc3cc(Cl)ccc3F)oc12. The molecule has 0 fully saturated rings. The van der Waals surface area contributed by atoms with Crippen LogP contribution >= 0.6 is 11.6 Å². The number of para-hydroxylation sites is 1. The van der Waals surface area contributed by atoms with Crippen LogP contribution in [0.4, 0.5) is 10.1 Å². The van der Waals surface area contributed by atoms with Gasteiger partial charge in [0.05, 0.1) is 19.9 Å². The van der Waals surface area contributed by atoms with E-state index in [2.05, 4.69) is 10.3 Å². The zero-order chi connectivity index (χ0) is 21.1. The summed E-state index contributed by atoms with van der Waals surface area (Å²) < 4.78 is 30.7. The molecular formula is C22H16ClFN2O4. The molecule has 0 spiro atoms. The molecule has 4 rings (SSSR count). The number of methoxy groups -OCH3 is 1. The summed E-state index contributed by atoms with van der Waals surface area (Å²) in [6.07, 6.45) is 1.52. The van der Waals surface area contributed by atoms with Gasteiger partial charge in [0, 0.05) is 10.4 Å². The third kappa shape index (κ3) is 4.06. The Morgan fingerprint density at radius 2 is 2.07 bits per heavy atom. The fraction of sp³-hybridized carbons (Fsp3) is 0.0909. The maximum atomic E-state index is 14.2. The average molecular weight is 427 g/mol. The van der Waals surface area contributed by atoms with E-state index in [0.717, 1.165) is 0 Å². The second-order valence-electron chi connectivity index (χ2n) is 6.31. The quantitative estimate of drug-likeness (QED) is 0.487. The van der Waals surface area contributed by atoms with Gasteiger partial charge in [-0.2, -0.15) is 0 Å². The topological polar surface area (TPSA) is 77.0 Å². The van der Waals surface area contributed by atoms with Gasteiger partial charge in [-0.05, 0) is 42.5 Å². The van der Waals surface area contributed by atoms with Crippen molar-refractivity contribution in [2.45, 2.75) is 6.54 Å². The summed E-state index contributed by atoms with van der Waals surface area (Å²) in [5.74, 6) is -0.0158. The van der Waals surface area contributed by atoms with Gasteiger partial charge in [-0.25, -0.2) is 9.38 Å². The van der Waals surface area contributed by atoms with Crippen molar-refractivity contribution in [1.82, 2.24) is 5.32 Å². The number of amides is 1. The zero-order valence-electron chi connectivity index (χ0n) is 15.8. The number of carbonyl (C=O) groups is 1. The van der Waals surface area contributed by atoms with Gasteiger partial charge in [0.1, 0.15) is 22.8 Å². The van der Waals surface area contributed by atoms with Crippen molar-refractivity contribution in [3.8, 4) is 5.75 Å². The number of halogens is 2. The lowest BCUT2D eigenvalue weighted by atomic mass is 10.1. The van der Waals surface area contributed by atoms with Crippen molar-refractivity contribution in [2.75, 3.05) is 7.11 Å². The fourth-order valence-corrected chi connectivity index (χ4v) is 3.05. The van der Waals surface area contributed by atoms with Gasteiger partial charge in [0.25, 0.3) is 5.91 Å². The number of rotatable bonds is 5. The van der Waals surface area contributed by atoms with E-state index in [1.165, 1.54) is 31.6 Å². The third-order valence-electron chi connectivity index (χ3n) is 4.34. The lowest BCUT2D eigenvalue weighted by molar-refractivity contribution is 0.0944. The number of furan rings is 1. The molecule has 8 heteroatoms. The minimum atomic E-state index is -0.600. The van der Waals surface area contributed by atoms with Crippen LogP contribution in [0, 0.1) is 5.82 Å². The van der Waals surface area contributed by atoms with E-state index in [1.807, 2.05) is 0 Å². The summed E-state index contributed by atoms with van der Waals surface area (Å²) in [5, 5.41) is 3.67. The van der Waals surface area contributed by atoms with Gasteiger partial charge < -0.3 is 18.9 Å². The van der Waals surface area contributed by atoms with Crippen LogP contribution in [-0.2, 0) is 6.54 Å². The number of nitrogens with one attached hydrogen (secondary N) is 1. The molecule has 0 bridgehead atoms. The number of nitrogens with zero attached hydrogens (tertiary/aromatic N) is 1. The average Bonchev–Trinajstić information content (AvgIpc) is 3.27. The van der Waals surface area contributed by atoms with Crippen molar-refractivity contribution >= 4 is 34.2 Å². The molecule has 0 unspecified atom stereocenters. The number of ether oxygens (including phenoxy) is 1. The van der Waals surface area contributed by atoms with E-state index in [0.29, 0.717) is 27.5 Å². The molecule has 6 nitrogen and oxygen atoms in total. The van der Waals surface area contributed by atoms with E-state index in [1.54, 1.807) is 36.4 Å². The number of carbonyl (C=O) groups excluding carboxylic acids is 1. The Labute approximate surface area is 175 Å². The standard InChI is InChI=1S/C22H16ClFN2O4/c1-28-19-6-2-4-13-10-16(21(27)25-12-15-5-3-9-29-15)22(30-20(13)19)26-18-11-14(23)7-8-17(18)24/h2-11H,12H2,1H3,(H,25,27). The van der Waals surface area contributed by atoms with E-state index in [-0.39, 0.29) is 23.3 Å². The minimum absolute atomic E-state index is 0.0550. The largest absolute Gasteiger partial charge is 0.493 e. The first-order valence-electron chi connectivity index (χ1n) is 8.96. The van der Waals surface area contributed by atoms with Gasteiger partial charge >= 0.3 is 0 Å². The van der Waals surface area contributed by atoms with Crippen molar-refractivity contribution in [1.29, 1.82) is 0 Å². The van der Waals surface area contributed by atoms with E-state index in [4.69, 9.17) is 25.2 Å². The van der Waals surface area contributed by atoms with Gasteiger partial charge in [-0.3, -0.25) is 4.79 Å². The molecule has 152 valence electrons. The second kappa shape index (κ2) is 8.42. The first-order valence-corrected chi connectivity index (χ1v) is 9.34. The summed E-state index contributed by atoms with van der Waals surface area (Å²) in [6, 6.07) is 14.3. The molecule has 0 atom stereocenters. The molecule has 2 aromatic carbocycles. The van der Waals surface area contributed by atoms with Crippen LogP contribution in [0.1, 0.15) is 16.1 Å². The Hall–Kier alpha value is -3.58. The lowest BCUT2D eigenvalue weighted by Gasteiger charge is -2.08. The van der Waals surface area contributed by atoms with E-state index in [9.17, 15) is 9.18 Å². The minimum Gasteiger partial charge on any atom is -0.493 e. The van der Waals surface area contributed by atoms with Gasteiger partial charge in [-0.15, -0.1) is 0 Å². The molecule has 1 N–H and O–H groups in total. The van der Waals surface area contributed by atoms with Crippen LogP contribution < -0.4 is 15.6 Å². The molecule has 2 aromatic heterocycles. The van der Waals surface area contributed by atoms with Crippen LogP contribution in [0.25, 0.3) is 11.0 Å². The van der Waals surface area contributed by atoms with E-state index >= 15 is 0 Å². The molecule has 2 heterocycles. The Kier molecular flexibility index (Phi) is 5.54. The van der Waals surface area contributed by atoms with Crippen LogP contribution in [-0.4, -0.2) is 13.0 Å². The summed E-state index contributed by atoms with van der Waals surface area (Å²) in [5.41, 5.74) is 0.371. The van der Waals surface area contributed by atoms with Gasteiger partial charge in [0.2, 0.25) is 5.55 Å². The van der Waals surface area contributed by atoms with Crippen LogP contribution in [0.5, 0.6) is 5.75 Å². The number of benzene rings is 2. The maximum Gasteiger partial charge on any atom is 0.257 e. The third-order valence-corrected chi connectivity index (χ3v) is 4.57. The van der Waals surface area contributed by atoms with Crippen molar-refractivity contribution in [3.63, 3.8) is 0 Å². The summed E-state index contributed by atoms with van der Waals surface area (Å²) in [7, 11) is 1.50. The number of hydrogen-bond donors (Lipinski definition) is 1. The highest BCUT2D eigenvalue weighted by molar-refractivity contribution is 6.30. The summed E-state index contributed by atoms with van der Waals surface area (Å²) >= 11 is 5.97. The van der Waals surface area contributed by atoms with Crippen molar-refractivity contribution in [3.05, 3.63) is 88.6 Å². The lowest BCUT2D eigenvalue weighted by Crippen LogP contribution is -2.28. The predicted molar refractivity (Wildman–Crippen MR) is 109 cm³/mol. The second-order valence-corrected chi connectivity index (χ2v) is 6.75. The van der Waals surface area contributed by atoms with Crippen molar-refractivity contribution in [2.24, 2.45) is 4.99 Å². The maximum absolute atomic E-state index is 14.2. The first-order chi connectivity index (χ1) is 14.5. The molecule has 0 aliphatic rings. The molecule has 0 saturated carbocycles. The summed E-state index contributed by atoms with van der Waals surface area (Å²) in [6.45, 7) is 0.174. The zero-order valence-corrected chi connectivity index (χ0v) is 16.6. The van der Waals surface area contributed by atoms with Crippen LogP contribution in [0.3, 0.4) is 0 Å². The number of hydrogen-bond acceptors (Lipinski definition) is 5. The van der Waals surface area contributed by atoms with Crippen molar-refractivity contribution < 1.29 is 22.8 Å². The highest BCUT2D eigenvalue weighted by Gasteiger charge is 2.16. The molecule has 0 radical (unpaired) electrons. The Bertz CT molecular complexity index is 1280.